The molecule has 7 heteroatoms. The van der Waals surface area contributed by atoms with E-state index >= 15 is 0 Å². The van der Waals surface area contributed by atoms with Crippen LogP contribution in [0.25, 0.3) is 0 Å². The van der Waals surface area contributed by atoms with Gasteiger partial charge in [-0.15, -0.1) is 17.9 Å². The van der Waals surface area contributed by atoms with Gasteiger partial charge in [-0.05, 0) is 44.5 Å². The molecular weight excluding hydrogens is 316 g/mol. The molecule has 0 radical (unpaired) electrons. The van der Waals surface area contributed by atoms with E-state index in [-0.39, 0.29) is 6.04 Å². The zero-order chi connectivity index (χ0) is 14.8. The second-order valence-corrected chi connectivity index (χ2v) is 8.60. The summed E-state index contributed by atoms with van der Waals surface area (Å²) in [5.41, 5.74) is 0.804. The minimum Gasteiger partial charge on any atom is -0.300 e. The summed E-state index contributed by atoms with van der Waals surface area (Å²) in [5.74, 6) is 0. The highest BCUT2D eigenvalue weighted by atomic mass is 35.5. The number of piperidine rings is 1. The summed E-state index contributed by atoms with van der Waals surface area (Å²) in [6.07, 6.45) is 3.53. The normalized spacial score (nSPS) is 18.3. The molecule has 0 bridgehead atoms. The Morgan fingerprint density at radius 1 is 1.55 bits per heavy atom. The smallest absolute Gasteiger partial charge is 0.250 e. The van der Waals surface area contributed by atoms with Crippen molar-refractivity contribution in [3.05, 3.63) is 28.6 Å². The van der Waals surface area contributed by atoms with Crippen molar-refractivity contribution in [2.24, 2.45) is 0 Å². The van der Waals surface area contributed by atoms with Crippen LogP contribution in [-0.2, 0) is 10.0 Å². The standard InChI is InChI=1S/C13H19ClN2O2S2/c1-3-6-16-7-4-11(5-8-16)15-20(17,18)12-9-10(2)13(14)19-12/h3,9,11,15H,1,4-8H2,2H3. The quantitative estimate of drug-likeness (QED) is 0.842. The molecule has 2 heterocycles. The largest absolute Gasteiger partial charge is 0.300 e. The lowest BCUT2D eigenvalue weighted by Crippen LogP contribution is -2.44. The van der Waals surface area contributed by atoms with Crippen molar-refractivity contribution in [2.45, 2.75) is 30.0 Å². The second-order valence-electron chi connectivity index (χ2n) is 5.01. The van der Waals surface area contributed by atoms with Gasteiger partial charge in [-0.25, -0.2) is 13.1 Å². The van der Waals surface area contributed by atoms with E-state index in [0.29, 0.717) is 8.55 Å². The maximum atomic E-state index is 12.3. The third-order valence-corrected chi connectivity index (χ3v) is 6.95. The van der Waals surface area contributed by atoms with Crippen molar-refractivity contribution in [3.8, 4) is 0 Å². The van der Waals surface area contributed by atoms with Crippen molar-refractivity contribution < 1.29 is 8.42 Å². The second kappa shape index (κ2) is 6.58. The molecule has 2 rings (SSSR count). The van der Waals surface area contributed by atoms with Gasteiger partial charge in [-0.1, -0.05) is 17.7 Å². The van der Waals surface area contributed by atoms with E-state index in [1.807, 2.05) is 13.0 Å². The lowest BCUT2D eigenvalue weighted by molar-refractivity contribution is 0.226. The molecule has 1 fully saturated rings. The third-order valence-electron chi connectivity index (χ3n) is 3.40. The Balaban J connectivity index is 1.98. The van der Waals surface area contributed by atoms with Crippen molar-refractivity contribution in [1.29, 1.82) is 0 Å². The minimum absolute atomic E-state index is 0.00208. The predicted molar refractivity (Wildman–Crippen MR) is 84.0 cm³/mol. The first-order chi connectivity index (χ1) is 9.42. The molecule has 0 saturated carbocycles. The van der Waals surface area contributed by atoms with Crippen LogP contribution in [0.5, 0.6) is 0 Å². The Bertz CT molecular complexity index is 556. The number of rotatable bonds is 5. The molecule has 0 aliphatic carbocycles. The number of thiophene rings is 1. The first-order valence-corrected chi connectivity index (χ1v) is 9.21. The van der Waals surface area contributed by atoms with E-state index < -0.39 is 10.0 Å². The fourth-order valence-electron chi connectivity index (χ4n) is 2.26. The molecule has 0 spiro atoms. The number of aryl methyl sites for hydroxylation is 1. The summed E-state index contributed by atoms with van der Waals surface area (Å²) in [5, 5.41) is 0. The van der Waals surface area contributed by atoms with E-state index in [1.54, 1.807) is 6.07 Å². The highest BCUT2D eigenvalue weighted by Gasteiger charge is 2.25. The van der Waals surface area contributed by atoms with Crippen molar-refractivity contribution in [3.63, 3.8) is 0 Å². The lowest BCUT2D eigenvalue weighted by atomic mass is 10.1. The molecule has 1 saturated heterocycles. The third kappa shape index (κ3) is 3.83. The predicted octanol–water partition coefficient (Wildman–Crippen LogP) is 2.64. The number of nitrogens with zero attached hydrogens (tertiary/aromatic N) is 1. The van der Waals surface area contributed by atoms with Gasteiger partial charge in [0.15, 0.2) is 0 Å². The van der Waals surface area contributed by atoms with Crippen LogP contribution in [0.1, 0.15) is 18.4 Å². The van der Waals surface area contributed by atoms with Gasteiger partial charge in [0.1, 0.15) is 4.21 Å². The molecule has 112 valence electrons. The minimum atomic E-state index is -3.45. The van der Waals surface area contributed by atoms with E-state index in [4.69, 9.17) is 11.6 Å². The maximum absolute atomic E-state index is 12.3. The molecule has 1 aromatic rings. The SMILES string of the molecule is C=CCN1CCC(NS(=O)(=O)c2cc(C)c(Cl)s2)CC1. The summed E-state index contributed by atoms with van der Waals surface area (Å²) >= 11 is 7.05. The summed E-state index contributed by atoms with van der Waals surface area (Å²) in [6, 6.07) is 1.63. The molecule has 1 aliphatic heterocycles. The van der Waals surface area contributed by atoms with Crippen molar-refractivity contribution >= 4 is 33.0 Å². The number of sulfonamides is 1. The van der Waals surface area contributed by atoms with Gasteiger partial charge in [-0.2, -0.15) is 0 Å². The Morgan fingerprint density at radius 3 is 2.70 bits per heavy atom. The molecule has 1 aliphatic rings. The molecule has 1 aromatic heterocycles. The molecule has 0 unspecified atom stereocenters. The first-order valence-electron chi connectivity index (χ1n) is 6.54. The van der Waals surface area contributed by atoms with Crippen LogP contribution in [0, 0.1) is 6.92 Å². The fraction of sp³-hybridized carbons (Fsp3) is 0.538. The number of hydrogen-bond acceptors (Lipinski definition) is 4. The van der Waals surface area contributed by atoms with Crippen LogP contribution < -0.4 is 4.72 Å². The van der Waals surface area contributed by atoms with Crippen LogP contribution >= 0.6 is 22.9 Å². The summed E-state index contributed by atoms with van der Waals surface area (Å²) in [4.78, 5) is 2.27. The maximum Gasteiger partial charge on any atom is 0.250 e. The number of hydrogen-bond donors (Lipinski definition) is 1. The van der Waals surface area contributed by atoms with E-state index in [0.717, 1.165) is 49.4 Å². The average molecular weight is 335 g/mol. The molecular formula is C13H19ClN2O2S2. The molecule has 0 aromatic carbocycles. The summed E-state index contributed by atoms with van der Waals surface area (Å²) in [7, 11) is -3.45. The zero-order valence-corrected chi connectivity index (χ0v) is 13.8. The number of halogens is 1. The highest BCUT2D eigenvalue weighted by molar-refractivity contribution is 7.91. The lowest BCUT2D eigenvalue weighted by Gasteiger charge is -2.31. The Kier molecular flexibility index (Phi) is 5.25. The topological polar surface area (TPSA) is 49.4 Å². The van der Waals surface area contributed by atoms with Gasteiger partial charge in [-0.3, -0.25) is 4.90 Å². The Labute approximate surface area is 129 Å². The summed E-state index contributed by atoms with van der Waals surface area (Å²) in [6.45, 7) is 8.18. The monoisotopic (exact) mass is 334 g/mol. The Hall–Kier alpha value is -0.400. The van der Waals surface area contributed by atoms with E-state index in [2.05, 4.69) is 16.2 Å². The van der Waals surface area contributed by atoms with Crippen LogP contribution in [0.15, 0.2) is 22.9 Å². The summed E-state index contributed by atoms with van der Waals surface area (Å²) < 4.78 is 28.2. The van der Waals surface area contributed by atoms with Crippen molar-refractivity contribution in [1.82, 2.24) is 9.62 Å². The molecule has 1 N–H and O–H groups in total. The van der Waals surface area contributed by atoms with E-state index in [1.165, 1.54) is 0 Å². The average Bonchev–Trinajstić information content (AvgIpc) is 2.73. The van der Waals surface area contributed by atoms with Crippen LogP contribution in [0.2, 0.25) is 4.34 Å². The van der Waals surface area contributed by atoms with Gasteiger partial charge in [0.05, 0.1) is 4.34 Å². The van der Waals surface area contributed by atoms with Gasteiger partial charge in [0, 0.05) is 12.6 Å². The molecule has 20 heavy (non-hydrogen) atoms. The number of likely N-dealkylation sites (tertiary alicyclic amines) is 1. The van der Waals surface area contributed by atoms with Gasteiger partial charge < -0.3 is 0 Å². The highest BCUT2D eigenvalue weighted by Crippen LogP contribution is 2.30. The van der Waals surface area contributed by atoms with E-state index in [9.17, 15) is 8.42 Å². The molecule has 0 amide bonds. The molecule has 0 atom stereocenters. The van der Waals surface area contributed by atoms with Gasteiger partial charge in [0.2, 0.25) is 10.0 Å². The fourth-order valence-corrected chi connectivity index (χ4v) is 5.29. The van der Waals surface area contributed by atoms with Crippen LogP contribution in [0.3, 0.4) is 0 Å². The Morgan fingerprint density at radius 2 is 2.20 bits per heavy atom. The van der Waals surface area contributed by atoms with Crippen LogP contribution in [-0.4, -0.2) is 39.0 Å². The molecule has 4 nitrogen and oxygen atoms in total. The van der Waals surface area contributed by atoms with Gasteiger partial charge in [0.25, 0.3) is 0 Å². The van der Waals surface area contributed by atoms with Crippen molar-refractivity contribution in [2.75, 3.05) is 19.6 Å². The number of nitrogens with one attached hydrogen (secondary N) is 1. The van der Waals surface area contributed by atoms with Gasteiger partial charge >= 0.3 is 0 Å². The van der Waals surface area contributed by atoms with Crippen LogP contribution in [0.4, 0.5) is 0 Å². The first kappa shape index (κ1) is 16.0. The zero-order valence-electron chi connectivity index (χ0n) is 11.4.